The van der Waals surface area contributed by atoms with Crippen LogP contribution < -0.4 is 0 Å². The number of aromatic nitrogens is 2. The Labute approximate surface area is 128 Å². The monoisotopic (exact) mass is 343 g/mol. The molecule has 0 aliphatic carbocycles. The van der Waals surface area contributed by atoms with Gasteiger partial charge < -0.3 is 4.74 Å². The number of esters is 1. The van der Waals surface area contributed by atoms with Crippen molar-refractivity contribution in [3.8, 4) is 0 Å². The molecule has 1 saturated heterocycles. The second kappa shape index (κ2) is 6.72. The number of nitrogens with zero attached hydrogens (tertiary/aromatic N) is 3. The average Bonchev–Trinajstić information content (AvgIpc) is 2.66. The van der Waals surface area contributed by atoms with E-state index in [4.69, 9.17) is 4.74 Å². The fourth-order valence-corrected chi connectivity index (χ4v) is 3.18. The summed E-state index contributed by atoms with van der Waals surface area (Å²) in [6.07, 6.45) is 1.97. The van der Waals surface area contributed by atoms with Crippen LogP contribution in [-0.2, 0) is 23.1 Å². The van der Waals surface area contributed by atoms with Gasteiger partial charge in [0.1, 0.15) is 0 Å². The van der Waals surface area contributed by atoms with Gasteiger partial charge in [-0.2, -0.15) is 5.10 Å². The summed E-state index contributed by atoms with van der Waals surface area (Å²) in [5, 5.41) is 4.41. The molecule has 2 rings (SSSR count). The van der Waals surface area contributed by atoms with Gasteiger partial charge in [0.15, 0.2) is 0 Å². The van der Waals surface area contributed by atoms with Crippen LogP contribution in [0.3, 0.4) is 0 Å². The van der Waals surface area contributed by atoms with Gasteiger partial charge in [0.25, 0.3) is 0 Å². The lowest BCUT2D eigenvalue weighted by Crippen LogP contribution is -2.39. The smallest absolute Gasteiger partial charge is 0.310 e. The SMILES string of the molecule is CCOC(=O)[C@H]1CCCN(Cc2c(Br)c(C)nn2C)C1. The Balaban J connectivity index is 2.01. The van der Waals surface area contributed by atoms with Crippen molar-refractivity contribution in [1.29, 1.82) is 0 Å². The number of piperidine rings is 1. The lowest BCUT2D eigenvalue weighted by Gasteiger charge is -2.31. The molecule has 0 radical (unpaired) electrons. The van der Waals surface area contributed by atoms with Gasteiger partial charge in [0, 0.05) is 20.1 Å². The van der Waals surface area contributed by atoms with E-state index in [9.17, 15) is 4.79 Å². The Kier molecular flexibility index (Phi) is 5.21. The van der Waals surface area contributed by atoms with Gasteiger partial charge in [-0.25, -0.2) is 0 Å². The molecule has 0 bridgehead atoms. The summed E-state index contributed by atoms with van der Waals surface area (Å²) in [5.74, 6) is -0.0470. The number of carbonyl (C=O) groups excluding carboxylic acids is 1. The van der Waals surface area contributed by atoms with Crippen LogP contribution in [0.2, 0.25) is 0 Å². The Morgan fingerprint density at radius 3 is 2.90 bits per heavy atom. The van der Waals surface area contributed by atoms with E-state index in [2.05, 4.69) is 25.9 Å². The number of hydrogen-bond donors (Lipinski definition) is 0. The predicted molar refractivity (Wildman–Crippen MR) is 80.3 cm³/mol. The third-order valence-corrected chi connectivity index (χ3v) is 4.79. The summed E-state index contributed by atoms with van der Waals surface area (Å²) >= 11 is 3.60. The number of hydrogen-bond acceptors (Lipinski definition) is 4. The van der Waals surface area contributed by atoms with Crippen molar-refractivity contribution in [2.45, 2.75) is 33.2 Å². The number of aryl methyl sites for hydroxylation is 2. The van der Waals surface area contributed by atoms with E-state index in [-0.39, 0.29) is 11.9 Å². The molecule has 1 aliphatic heterocycles. The number of carbonyl (C=O) groups is 1. The van der Waals surface area contributed by atoms with Gasteiger partial charge in [0.2, 0.25) is 0 Å². The van der Waals surface area contributed by atoms with Crippen LogP contribution >= 0.6 is 15.9 Å². The van der Waals surface area contributed by atoms with Crippen molar-refractivity contribution in [1.82, 2.24) is 14.7 Å². The van der Waals surface area contributed by atoms with Crippen LogP contribution in [0.1, 0.15) is 31.2 Å². The Bertz CT molecular complexity index is 487. The van der Waals surface area contributed by atoms with Crippen molar-refractivity contribution in [3.63, 3.8) is 0 Å². The first-order valence-electron chi connectivity index (χ1n) is 7.09. The number of halogens is 1. The minimum Gasteiger partial charge on any atom is -0.466 e. The summed E-state index contributed by atoms with van der Waals surface area (Å²) < 4.78 is 8.12. The Morgan fingerprint density at radius 2 is 2.30 bits per heavy atom. The molecule has 2 heterocycles. The van der Waals surface area contributed by atoms with Crippen molar-refractivity contribution in [2.75, 3.05) is 19.7 Å². The second-order valence-corrected chi connectivity index (χ2v) is 6.09. The van der Waals surface area contributed by atoms with Gasteiger partial charge in [-0.15, -0.1) is 0 Å². The molecule has 0 N–H and O–H groups in total. The van der Waals surface area contributed by atoms with Crippen molar-refractivity contribution in [2.24, 2.45) is 13.0 Å². The maximum Gasteiger partial charge on any atom is 0.310 e. The molecule has 0 unspecified atom stereocenters. The minimum absolute atomic E-state index is 0.0109. The van der Waals surface area contributed by atoms with E-state index in [1.54, 1.807) is 0 Å². The zero-order valence-electron chi connectivity index (χ0n) is 12.4. The number of likely N-dealkylation sites (tertiary alicyclic amines) is 1. The first-order valence-corrected chi connectivity index (χ1v) is 7.89. The molecule has 6 heteroatoms. The molecule has 0 aromatic carbocycles. The lowest BCUT2D eigenvalue weighted by atomic mass is 9.98. The lowest BCUT2D eigenvalue weighted by molar-refractivity contribution is -0.150. The fraction of sp³-hybridized carbons (Fsp3) is 0.714. The number of rotatable bonds is 4. The van der Waals surface area contributed by atoms with Crippen LogP contribution in [0.15, 0.2) is 4.47 Å². The maximum atomic E-state index is 11.9. The normalized spacial score (nSPS) is 20.1. The van der Waals surface area contributed by atoms with Crippen LogP contribution in [0.4, 0.5) is 0 Å². The van der Waals surface area contributed by atoms with Crippen LogP contribution in [0, 0.1) is 12.8 Å². The standard InChI is InChI=1S/C14H22BrN3O2/c1-4-20-14(19)11-6-5-7-18(8-11)9-12-13(15)10(2)16-17(12)3/h11H,4-9H2,1-3H3/t11-/m0/s1. The highest BCUT2D eigenvalue weighted by atomic mass is 79.9. The molecule has 1 aromatic rings. The van der Waals surface area contributed by atoms with Gasteiger partial charge in [-0.1, -0.05) is 0 Å². The largest absolute Gasteiger partial charge is 0.466 e. The van der Waals surface area contributed by atoms with Gasteiger partial charge in [0.05, 0.1) is 28.4 Å². The Morgan fingerprint density at radius 1 is 1.55 bits per heavy atom. The summed E-state index contributed by atoms with van der Waals surface area (Å²) in [6.45, 7) is 6.91. The van der Waals surface area contributed by atoms with Crippen LogP contribution in [-0.4, -0.2) is 40.3 Å². The van der Waals surface area contributed by atoms with Gasteiger partial charge >= 0.3 is 5.97 Å². The highest BCUT2D eigenvalue weighted by molar-refractivity contribution is 9.10. The second-order valence-electron chi connectivity index (χ2n) is 5.30. The zero-order valence-corrected chi connectivity index (χ0v) is 13.9. The molecule has 0 saturated carbocycles. The van der Waals surface area contributed by atoms with Crippen LogP contribution in [0.5, 0.6) is 0 Å². The topological polar surface area (TPSA) is 47.4 Å². The van der Waals surface area contributed by atoms with E-state index < -0.39 is 0 Å². The molecule has 0 spiro atoms. The number of ether oxygens (including phenoxy) is 1. The van der Waals surface area contributed by atoms with Crippen molar-refractivity contribution in [3.05, 3.63) is 15.9 Å². The third kappa shape index (κ3) is 3.41. The molecule has 1 atom stereocenters. The molecule has 20 heavy (non-hydrogen) atoms. The van der Waals surface area contributed by atoms with E-state index in [1.807, 2.05) is 25.6 Å². The molecular formula is C14H22BrN3O2. The van der Waals surface area contributed by atoms with E-state index in [0.717, 1.165) is 48.3 Å². The third-order valence-electron chi connectivity index (χ3n) is 3.76. The molecule has 1 aromatic heterocycles. The van der Waals surface area contributed by atoms with Crippen LogP contribution in [0.25, 0.3) is 0 Å². The van der Waals surface area contributed by atoms with Crippen molar-refractivity contribution >= 4 is 21.9 Å². The van der Waals surface area contributed by atoms with E-state index >= 15 is 0 Å². The average molecular weight is 344 g/mol. The molecule has 112 valence electrons. The Hall–Kier alpha value is -0.880. The van der Waals surface area contributed by atoms with E-state index in [1.165, 1.54) is 0 Å². The summed E-state index contributed by atoms with van der Waals surface area (Å²) in [5.41, 5.74) is 2.16. The quantitative estimate of drug-likeness (QED) is 0.787. The van der Waals surface area contributed by atoms with Crippen molar-refractivity contribution < 1.29 is 9.53 Å². The maximum absolute atomic E-state index is 11.9. The van der Waals surface area contributed by atoms with Gasteiger partial charge in [-0.05, 0) is 49.2 Å². The minimum atomic E-state index is -0.0579. The molecule has 0 amide bonds. The highest BCUT2D eigenvalue weighted by Gasteiger charge is 2.27. The first kappa shape index (κ1) is 15.5. The van der Waals surface area contributed by atoms with Gasteiger partial charge in [-0.3, -0.25) is 14.4 Å². The molecular weight excluding hydrogens is 322 g/mol. The summed E-state index contributed by atoms with van der Waals surface area (Å²) in [4.78, 5) is 14.2. The fourth-order valence-electron chi connectivity index (χ4n) is 2.72. The summed E-state index contributed by atoms with van der Waals surface area (Å²) in [7, 11) is 1.96. The predicted octanol–water partition coefficient (Wildman–Crippen LogP) is 2.27. The molecule has 5 nitrogen and oxygen atoms in total. The molecule has 1 fully saturated rings. The first-order chi connectivity index (χ1) is 9.52. The molecule has 1 aliphatic rings. The highest BCUT2D eigenvalue weighted by Crippen LogP contribution is 2.25. The summed E-state index contributed by atoms with van der Waals surface area (Å²) in [6, 6.07) is 0. The van der Waals surface area contributed by atoms with E-state index in [0.29, 0.717) is 6.61 Å². The zero-order chi connectivity index (χ0) is 14.7.